The quantitative estimate of drug-likeness (QED) is 0.930. The second-order valence-electron chi connectivity index (χ2n) is 6.44. The lowest BCUT2D eigenvalue weighted by Gasteiger charge is -2.34. The van der Waals surface area contributed by atoms with Gasteiger partial charge >= 0.3 is 0 Å². The fourth-order valence-electron chi connectivity index (χ4n) is 3.23. The highest BCUT2D eigenvalue weighted by molar-refractivity contribution is 7.11. The number of hydrogen-bond donors (Lipinski definition) is 1. The van der Waals surface area contributed by atoms with Crippen LogP contribution < -0.4 is 5.32 Å². The minimum absolute atomic E-state index is 0.297. The summed E-state index contributed by atoms with van der Waals surface area (Å²) in [5.74, 6) is 0.751. The van der Waals surface area contributed by atoms with Crippen molar-refractivity contribution in [2.75, 3.05) is 13.1 Å². The molecule has 1 aliphatic carbocycles. The molecule has 1 amide bonds. The van der Waals surface area contributed by atoms with E-state index in [1.54, 1.807) is 11.3 Å². The van der Waals surface area contributed by atoms with Crippen molar-refractivity contribution in [2.45, 2.75) is 58.5 Å². The van der Waals surface area contributed by atoms with E-state index in [0.29, 0.717) is 23.9 Å². The van der Waals surface area contributed by atoms with Gasteiger partial charge in [-0.1, -0.05) is 0 Å². The molecule has 2 heterocycles. The average molecular weight is 307 g/mol. The zero-order valence-corrected chi connectivity index (χ0v) is 14.0. The Morgan fingerprint density at radius 1 is 1.29 bits per heavy atom. The first-order valence-electron chi connectivity index (χ1n) is 8.03. The van der Waals surface area contributed by atoms with Crippen LogP contribution in [0.4, 0.5) is 0 Å². The summed E-state index contributed by atoms with van der Waals surface area (Å²) in [7, 11) is 0. The monoisotopic (exact) mass is 307 g/mol. The van der Waals surface area contributed by atoms with Gasteiger partial charge < -0.3 is 10.2 Å². The van der Waals surface area contributed by atoms with Gasteiger partial charge in [-0.15, -0.1) is 11.3 Å². The van der Waals surface area contributed by atoms with Crippen LogP contribution in [0, 0.1) is 19.8 Å². The molecule has 1 saturated carbocycles. The molecule has 2 fully saturated rings. The highest BCUT2D eigenvalue weighted by Crippen LogP contribution is 2.32. The number of carbonyl (C=O) groups is 1. The summed E-state index contributed by atoms with van der Waals surface area (Å²) in [5, 5.41) is 4.84. The van der Waals surface area contributed by atoms with Crippen LogP contribution in [0.1, 0.15) is 54.2 Å². The van der Waals surface area contributed by atoms with Gasteiger partial charge in [-0.25, -0.2) is 4.98 Å². The molecule has 4 nitrogen and oxygen atoms in total. The molecule has 1 aliphatic heterocycles. The molecule has 0 aromatic carbocycles. The number of aryl methyl sites for hydroxylation is 2. The number of aromatic nitrogens is 1. The SMILES string of the molecule is Cc1nc([C@H](C)NC2CCN(C(=O)C3CC3)CC2)c(C)s1. The maximum Gasteiger partial charge on any atom is 0.225 e. The van der Waals surface area contributed by atoms with Crippen molar-refractivity contribution in [2.24, 2.45) is 5.92 Å². The molecule has 5 heteroatoms. The van der Waals surface area contributed by atoms with E-state index >= 15 is 0 Å². The van der Waals surface area contributed by atoms with Crippen LogP contribution >= 0.6 is 11.3 Å². The van der Waals surface area contributed by atoms with Crippen LogP contribution in [0.25, 0.3) is 0 Å². The summed E-state index contributed by atoms with van der Waals surface area (Å²) in [6.07, 6.45) is 4.34. The molecule has 1 saturated heterocycles. The van der Waals surface area contributed by atoms with Crippen LogP contribution in [0.2, 0.25) is 0 Å². The van der Waals surface area contributed by atoms with E-state index in [1.807, 2.05) is 0 Å². The van der Waals surface area contributed by atoms with Gasteiger partial charge in [0.25, 0.3) is 0 Å². The lowest BCUT2D eigenvalue weighted by molar-refractivity contribution is -0.133. The van der Waals surface area contributed by atoms with E-state index in [1.165, 1.54) is 10.6 Å². The Hall–Kier alpha value is -0.940. The van der Waals surface area contributed by atoms with Crippen LogP contribution in [-0.4, -0.2) is 34.9 Å². The predicted molar refractivity (Wildman–Crippen MR) is 85.5 cm³/mol. The van der Waals surface area contributed by atoms with Crippen molar-refractivity contribution in [3.63, 3.8) is 0 Å². The second-order valence-corrected chi connectivity index (χ2v) is 7.84. The second kappa shape index (κ2) is 6.05. The lowest BCUT2D eigenvalue weighted by Crippen LogP contribution is -2.46. The third-order valence-corrected chi connectivity index (χ3v) is 5.47. The Morgan fingerprint density at radius 2 is 1.95 bits per heavy atom. The Balaban J connectivity index is 1.50. The summed E-state index contributed by atoms with van der Waals surface area (Å²) in [5.41, 5.74) is 1.19. The summed E-state index contributed by atoms with van der Waals surface area (Å²) in [6.45, 7) is 8.23. The maximum absolute atomic E-state index is 12.1. The minimum atomic E-state index is 0.297. The number of carbonyl (C=O) groups excluding carboxylic acids is 1. The van der Waals surface area contributed by atoms with Gasteiger partial charge in [0.2, 0.25) is 5.91 Å². The zero-order valence-electron chi connectivity index (χ0n) is 13.2. The molecular weight excluding hydrogens is 282 g/mol. The van der Waals surface area contributed by atoms with E-state index < -0.39 is 0 Å². The molecule has 1 N–H and O–H groups in total. The van der Waals surface area contributed by atoms with Gasteiger partial charge in [-0.3, -0.25) is 4.79 Å². The standard InChI is InChI=1S/C16H25N3OS/c1-10(15-11(2)21-12(3)18-15)17-14-6-8-19(9-7-14)16(20)13-4-5-13/h10,13-14,17H,4-9H2,1-3H3/t10-/m0/s1. The average Bonchev–Trinajstić information content (AvgIpc) is 3.24. The highest BCUT2D eigenvalue weighted by atomic mass is 32.1. The van der Waals surface area contributed by atoms with E-state index in [4.69, 9.17) is 0 Å². The van der Waals surface area contributed by atoms with Gasteiger partial charge in [0.1, 0.15) is 0 Å². The number of piperidine rings is 1. The van der Waals surface area contributed by atoms with Gasteiger partial charge in [-0.05, 0) is 46.5 Å². The van der Waals surface area contributed by atoms with Crippen LogP contribution in [0.3, 0.4) is 0 Å². The summed E-state index contributed by atoms with van der Waals surface area (Å²) in [6, 6.07) is 0.801. The highest BCUT2D eigenvalue weighted by Gasteiger charge is 2.35. The maximum atomic E-state index is 12.1. The van der Waals surface area contributed by atoms with Crippen molar-refractivity contribution in [1.29, 1.82) is 0 Å². The summed E-state index contributed by atoms with van der Waals surface area (Å²) < 4.78 is 0. The molecule has 0 radical (unpaired) electrons. The molecule has 116 valence electrons. The van der Waals surface area contributed by atoms with E-state index in [0.717, 1.165) is 43.8 Å². The van der Waals surface area contributed by atoms with Crippen molar-refractivity contribution in [3.8, 4) is 0 Å². The van der Waals surface area contributed by atoms with Crippen LogP contribution in [0.15, 0.2) is 0 Å². The van der Waals surface area contributed by atoms with Crippen molar-refractivity contribution in [1.82, 2.24) is 15.2 Å². The van der Waals surface area contributed by atoms with Gasteiger partial charge in [0, 0.05) is 36.0 Å². The molecule has 0 spiro atoms. The number of nitrogens with one attached hydrogen (secondary N) is 1. The minimum Gasteiger partial charge on any atom is -0.342 e. The summed E-state index contributed by atoms with van der Waals surface area (Å²) >= 11 is 1.77. The Labute approximate surface area is 130 Å². The normalized spacial score (nSPS) is 21.6. The molecule has 2 aliphatic rings. The van der Waals surface area contributed by atoms with Crippen molar-refractivity contribution in [3.05, 3.63) is 15.6 Å². The van der Waals surface area contributed by atoms with Gasteiger partial charge in [0.05, 0.1) is 10.7 Å². The van der Waals surface area contributed by atoms with Gasteiger partial charge in [0.15, 0.2) is 0 Å². The van der Waals surface area contributed by atoms with E-state index in [9.17, 15) is 4.79 Å². The molecule has 0 unspecified atom stereocenters. The fourth-order valence-corrected chi connectivity index (χ4v) is 4.15. The number of amides is 1. The first kappa shape index (κ1) is 15.0. The number of likely N-dealkylation sites (tertiary alicyclic amines) is 1. The molecular formula is C16H25N3OS. The number of nitrogens with zero attached hydrogens (tertiary/aromatic N) is 2. The predicted octanol–water partition coefficient (Wildman–Crippen LogP) is 2.81. The van der Waals surface area contributed by atoms with Crippen molar-refractivity contribution >= 4 is 17.2 Å². The molecule has 1 aromatic heterocycles. The number of hydrogen-bond acceptors (Lipinski definition) is 4. The lowest BCUT2D eigenvalue weighted by atomic mass is 10.0. The van der Waals surface area contributed by atoms with E-state index in [-0.39, 0.29) is 0 Å². The third-order valence-electron chi connectivity index (χ3n) is 4.57. The Bertz CT molecular complexity index is 516. The van der Waals surface area contributed by atoms with Crippen molar-refractivity contribution < 1.29 is 4.79 Å². The molecule has 3 rings (SSSR count). The van der Waals surface area contributed by atoms with Gasteiger partial charge in [-0.2, -0.15) is 0 Å². The number of rotatable bonds is 4. The number of thiazole rings is 1. The molecule has 0 bridgehead atoms. The first-order valence-corrected chi connectivity index (χ1v) is 8.85. The molecule has 1 aromatic rings. The Morgan fingerprint density at radius 3 is 2.48 bits per heavy atom. The summed E-state index contributed by atoms with van der Waals surface area (Å²) in [4.78, 5) is 20.1. The smallest absolute Gasteiger partial charge is 0.225 e. The Kier molecular flexibility index (Phi) is 4.31. The van der Waals surface area contributed by atoms with Crippen LogP contribution in [-0.2, 0) is 4.79 Å². The zero-order chi connectivity index (χ0) is 15.0. The first-order chi connectivity index (χ1) is 10.0. The third kappa shape index (κ3) is 3.46. The van der Waals surface area contributed by atoms with Crippen LogP contribution in [0.5, 0.6) is 0 Å². The largest absolute Gasteiger partial charge is 0.342 e. The molecule has 21 heavy (non-hydrogen) atoms. The molecule has 1 atom stereocenters. The fraction of sp³-hybridized carbons (Fsp3) is 0.750. The topological polar surface area (TPSA) is 45.2 Å². The van der Waals surface area contributed by atoms with E-state index in [2.05, 4.69) is 36.0 Å².